The highest BCUT2D eigenvalue weighted by atomic mass is 28.6. The van der Waals surface area contributed by atoms with Gasteiger partial charge in [-0.1, -0.05) is 0 Å². The van der Waals surface area contributed by atoms with E-state index in [1.807, 2.05) is 39.3 Å². The topological polar surface area (TPSA) is 55.4 Å². The lowest BCUT2D eigenvalue weighted by molar-refractivity contribution is 0.152. The quantitative estimate of drug-likeness (QED) is 0.637. The maximum Gasteiger partial charge on any atom is 0.469 e. The van der Waals surface area contributed by atoms with Crippen LogP contribution in [0.2, 0.25) is 72.0 Å². The van der Waals surface area contributed by atoms with Crippen LogP contribution in [0.15, 0.2) is 0 Å². The van der Waals surface area contributed by atoms with Gasteiger partial charge in [-0.2, -0.15) is 0 Å². The highest BCUT2D eigenvalue weighted by Crippen LogP contribution is 2.33. The number of hydrogen-bond donors (Lipinski definition) is 0. The third-order valence-electron chi connectivity index (χ3n) is 2.67. The fourth-order valence-corrected chi connectivity index (χ4v) is 29.6. The second kappa shape index (κ2) is 6.99. The van der Waals surface area contributed by atoms with Gasteiger partial charge in [-0.3, -0.25) is 0 Å². The molecule has 0 atom stereocenters. The normalized spacial score (nSPS) is 35.0. The molecule has 1 aliphatic rings. The van der Waals surface area contributed by atoms with Crippen LogP contribution in [0, 0.1) is 0 Å². The van der Waals surface area contributed by atoms with Gasteiger partial charge in [-0.05, 0) is 58.9 Å². The van der Waals surface area contributed by atoms with Crippen molar-refractivity contribution in [1.29, 1.82) is 0 Å². The average molecular weight is 431 g/mol. The molecule has 0 saturated carbocycles. The van der Waals surface area contributed by atoms with Gasteiger partial charge >= 0.3 is 34.7 Å². The Morgan fingerprint density at radius 1 is 0.696 bits per heavy atom. The number of rotatable bonds is 4. The van der Waals surface area contributed by atoms with Crippen LogP contribution in [-0.4, -0.2) is 52.1 Å². The molecule has 0 radical (unpaired) electrons. The molecule has 1 fully saturated rings. The zero-order valence-corrected chi connectivity index (χ0v) is 22.7. The van der Waals surface area contributed by atoms with Crippen molar-refractivity contribution in [3.63, 3.8) is 0 Å². The van der Waals surface area contributed by atoms with Gasteiger partial charge in [0, 0.05) is 13.1 Å². The average Bonchev–Trinajstić information content (AvgIpc) is 2.01. The smallest absolute Gasteiger partial charge is 0.420 e. The Morgan fingerprint density at radius 3 is 1.35 bits per heavy atom. The summed E-state index contributed by atoms with van der Waals surface area (Å²) < 4.78 is 38.2. The molecule has 1 heterocycles. The fraction of sp³-hybridized carbons (Fsp3) is 1.00. The predicted molar refractivity (Wildman–Crippen MR) is 107 cm³/mol. The standard InChI is InChI=1S/C11H34O6Si6/c1-18(2)12-22(10)14-20(6,7)16-23(11,13-19(3,4)5)17-21(8,9)15-22/h18H,1-11H3. The number of hydrogen-bond acceptors (Lipinski definition) is 6. The second-order valence-corrected chi connectivity index (χ2v) is 28.7. The van der Waals surface area contributed by atoms with E-state index in [0.29, 0.717) is 0 Å². The molecule has 6 nitrogen and oxygen atoms in total. The molecule has 0 N–H and O–H groups in total. The molecule has 0 unspecified atom stereocenters. The Balaban J connectivity index is 3.14. The lowest BCUT2D eigenvalue weighted by Crippen LogP contribution is -2.69. The van der Waals surface area contributed by atoms with Crippen LogP contribution < -0.4 is 0 Å². The van der Waals surface area contributed by atoms with Crippen molar-refractivity contribution in [2.24, 2.45) is 0 Å². The molecule has 0 aliphatic carbocycles. The molecule has 0 amide bonds. The van der Waals surface area contributed by atoms with Gasteiger partial charge in [0.05, 0.1) is 0 Å². The Bertz CT molecular complexity index is 404. The van der Waals surface area contributed by atoms with E-state index in [0.717, 1.165) is 0 Å². The monoisotopic (exact) mass is 430 g/mol. The summed E-state index contributed by atoms with van der Waals surface area (Å²) in [6, 6.07) is 0. The molecule has 0 aromatic rings. The van der Waals surface area contributed by atoms with E-state index in [4.69, 9.17) is 24.7 Å². The maximum atomic E-state index is 6.43. The third kappa shape index (κ3) is 7.87. The summed E-state index contributed by atoms with van der Waals surface area (Å²) in [7, 11) is -13.6. The third-order valence-corrected chi connectivity index (χ3v) is 24.0. The molecule has 1 rings (SSSR count). The van der Waals surface area contributed by atoms with Crippen LogP contribution in [0.5, 0.6) is 0 Å². The molecule has 0 aromatic carbocycles. The van der Waals surface area contributed by atoms with E-state index < -0.39 is 52.1 Å². The van der Waals surface area contributed by atoms with Crippen molar-refractivity contribution in [2.45, 2.75) is 72.0 Å². The van der Waals surface area contributed by atoms with Crippen LogP contribution in [0.4, 0.5) is 0 Å². The molecule has 1 saturated heterocycles. The van der Waals surface area contributed by atoms with Crippen LogP contribution in [-0.2, 0) is 24.7 Å². The largest absolute Gasteiger partial charge is 0.469 e. The van der Waals surface area contributed by atoms with Crippen molar-refractivity contribution in [2.75, 3.05) is 0 Å². The molecule has 0 aromatic heterocycles. The summed E-state index contributed by atoms with van der Waals surface area (Å²) in [4.78, 5) is 0. The Labute approximate surface area is 148 Å². The van der Waals surface area contributed by atoms with Crippen LogP contribution >= 0.6 is 0 Å². The first-order chi connectivity index (χ1) is 9.95. The first-order valence-electron chi connectivity index (χ1n) is 8.14. The maximum absolute atomic E-state index is 6.43. The molecular weight excluding hydrogens is 397 g/mol. The van der Waals surface area contributed by atoms with Crippen LogP contribution in [0.3, 0.4) is 0 Å². The first kappa shape index (κ1) is 22.1. The van der Waals surface area contributed by atoms with Crippen molar-refractivity contribution >= 4 is 52.1 Å². The van der Waals surface area contributed by atoms with Crippen molar-refractivity contribution in [1.82, 2.24) is 0 Å². The minimum absolute atomic E-state index is 1.30. The molecule has 23 heavy (non-hydrogen) atoms. The second-order valence-electron chi connectivity index (χ2n) is 8.31. The van der Waals surface area contributed by atoms with Crippen LogP contribution in [0.25, 0.3) is 0 Å². The summed E-state index contributed by atoms with van der Waals surface area (Å²) in [5.74, 6) is 0. The lowest BCUT2D eigenvalue weighted by atomic mass is 11.8. The highest BCUT2D eigenvalue weighted by molar-refractivity contribution is 6.93. The van der Waals surface area contributed by atoms with Gasteiger partial charge in [0.2, 0.25) is 0 Å². The SMILES string of the molecule is C[SiH](C)O[Si]1(C)O[Si](C)(C)O[Si](C)(O[Si](C)(C)C)O[Si](C)(C)O1. The lowest BCUT2D eigenvalue weighted by Gasteiger charge is -2.48. The van der Waals surface area contributed by atoms with E-state index in [1.54, 1.807) is 0 Å². The predicted octanol–water partition coefficient (Wildman–Crippen LogP) is 3.46. The minimum Gasteiger partial charge on any atom is -0.420 e. The zero-order chi connectivity index (χ0) is 18.3. The molecule has 0 bridgehead atoms. The first-order valence-corrected chi connectivity index (χ1v) is 24.4. The molecule has 0 spiro atoms. The van der Waals surface area contributed by atoms with Gasteiger partial charge in [0.15, 0.2) is 17.4 Å². The Morgan fingerprint density at radius 2 is 1.04 bits per heavy atom. The zero-order valence-electron chi connectivity index (χ0n) is 16.5. The van der Waals surface area contributed by atoms with E-state index >= 15 is 0 Å². The minimum atomic E-state index is -2.81. The molecule has 138 valence electrons. The molecule has 1 aliphatic heterocycles. The van der Waals surface area contributed by atoms with Gasteiger partial charge < -0.3 is 24.7 Å². The van der Waals surface area contributed by atoms with Crippen molar-refractivity contribution < 1.29 is 24.7 Å². The van der Waals surface area contributed by atoms with Crippen molar-refractivity contribution in [3.05, 3.63) is 0 Å². The van der Waals surface area contributed by atoms with Gasteiger partial charge in [-0.15, -0.1) is 0 Å². The van der Waals surface area contributed by atoms with E-state index in [9.17, 15) is 0 Å². The summed E-state index contributed by atoms with van der Waals surface area (Å²) in [6.07, 6.45) is 0. The van der Waals surface area contributed by atoms with E-state index in [1.165, 1.54) is 0 Å². The molecule has 12 heteroatoms. The Hall–Kier alpha value is 1.06. The fourth-order valence-electron chi connectivity index (χ4n) is 2.94. The van der Waals surface area contributed by atoms with Crippen LogP contribution in [0.1, 0.15) is 0 Å². The van der Waals surface area contributed by atoms with E-state index in [-0.39, 0.29) is 0 Å². The Kier molecular flexibility index (Phi) is 6.72. The summed E-state index contributed by atoms with van der Waals surface area (Å²) in [6.45, 7) is 22.7. The summed E-state index contributed by atoms with van der Waals surface area (Å²) >= 11 is 0. The van der Waals surface area contributed by atoms with Gasteiger partial charge in [0.1, 0.15) is 0 Å². The van der Waals surface area contributed by atoms with Gasteiger partial charge in [0.25, 0.3) is 0 Å². The van der Waals surface area contributed by atoms with E-state index in [2.05, 4.69) is 32.7 Å². The van der Waals surface area contributed by atoms with Crippen molar-refractivity contribution in [3.8, 4) is 0 Å². The molecular formula is C11H34O6Si6. The summed E-state index contributed by atoms with van der Waals surface area (Å²) in [5, 5.41) is 0. The summed E-state index contributed by atoms with van der Waals surface area (Å²) in [5.41, 5.74) is 0. The highest BCUT2D eigenvalue weighted by Gasteiger charge is 2.57. The van der Waals surface area contributed by atoms with Gasteiger partial charge in [-0.25, -0.2) is 0 Å².